The van der Waals surface area contributed by atoms with Gasteiger partial charge >= 0.3 is 35.5 Å². The number of H-pyrrole nitrogens is 1. The third-order valence-corrected chi connectivity index (χ3v) is 1.82. The van der Waals surface area contributed by atoms with E-state index in [9.17, 15) is 4.79 Å². The van der Waals surface area contributed by atoms with E-state index in [1.165, 1.54) is 6.20 Å². The Morgan fingerprint density at radius 3 is 2.69 bits per heavy atom. The number of carbonyl (C=O) groups is 1. The van der Waals surface area contributed by atoms with Crippen molar-refractivity contribution in [3.05, 3.63) is 36.0 Å². The molecule has 0 aliphatic carbocycles. The summed E-state index contributed by atoms with van der Waals surface area (Å²) in [5, 5.41) is 9.51. The van der Waals surface area contributed by atoms with E-state index in [0.29, 0.717) is 5.56 Å². The molecule has 0 saturated heterocycles. The fraction of sp³-hybridized carbons (Fsp3) is 0. The predicted molar refractivity (Wildman–Crippen MR) is 52.4 cm³/mol. The summed E-state index contributed by atoms with van der Waals surface area (Å²) in [4.78, 5) is 13.5. The van der Waals surface area contributed by atoms with Crippen LogP contribution >= 0.6 is 0 Å². The van der Waals surface area contributed by atoms with E-state index < -0.39 is 5.97 Å². The first-order valence-electron chi connectivity index (χ1n) is 3.58. The Balaban J connectivity index is 0.000000845. The summed E-state index contributed by atoms with van der Waals surface area (Å²) in [6.45, 7) is 0. The molecule has 13 heavy (non-hydrogen) atoms. The molecule has 0 amide bonds. The number of aromatic carboxylic acids is 1. The van der Waals surface area contributed by atoms with Crippen molar-refractivity contribution in [3.63, 3.8) is 0 Å². The Labute approximate surface area is 97.1 Å². The number of para-hydroxylation sites is 1. The third-order valence-electron chi connectivity index (χ3n) is 1.82. The van der Waals surface area contributed by atoms with Crippen LogP contribution in [-0.4, -0.2) is 45.6 Å². The third kappa shape index (κ3) is 1.77. The molecule has 0 fully saturated rings. The summed E-state index contributed by atoms with van der Waals surface area (Å²) in [6, 6.07) is 7.32. The number of hydrogen-bond acceptors (Lipinski definition) is 1. The number of aromatic nitrogens is 1. The van der Waals surface area contributed by atoms with Gasteiger partial charge in [0.05, 0.1) is 5.56 Å². The minimum atomic E-state index is -0.896. The van der Waals surface area contributed by atoms with Crippen molar-refractivity contribution in [1.82, 2.24) is 4.98 Å². The summed E-state index contributed by atoms with van der Waals surface area (Å²) < 4.78 is 0. The fourth-order valence-corrected chi connectivity index (χ4v) is 1.25. The first kappa shape index (κ1) is 10.3. The van der Waals surface area contributed by atoms with Crippen LogP contribution in [0.4, 0.5) is 0 Å². The van der Waals surface area contributed by atoms with Crippen molar-refractivity contribution >= 4 is 46.4 Å². The van der Waals surface area contributed by atoms with Crippen molar-refractivity contribution in [2.75, 3.05) is 0 Å². The molecule has 1 aromatic carbocycles. The zero-order chi connectivity index (χ0) is 8.55. The van der Waals surface area contributed by atoms with Gasteiger partial charge in [-0.1, -0.05) is 18.2 Å². The normalized spacial score (nSPS) is 9.54. The summed E-state index contributed by atoms with van der Waals surface area (Å²) in [5.74, 6) is -0.896. The molecular weight excluding hydrogens is 177 g/mol. The number of hydrogen-bond donors (Lipinski definition) is 2. The van der Waals surface area contributed by atoms with Gasteiger partial charge in [-0.25, -0.2) is 4.79 Å². The van der Waals surface area contributed by atoms with E-state index in [1.807, 2.05) is 18.2 Å². The van der Waals surface area contributed by atoms with Crippen molar-refractivity contribution in [3.8, 4) is 0 Å². The molecule has 0 saturated carbocycles. The van der Waals surface area contributed by atoms with Crippen molar-refractivity contribution in [2.24, 2.45) is 0 Å². The Morgan fingerprint density at radius 2 is 2.00 bits per heavy atom. The molecule has 62 valence electrons. The van der Waals surface area contributed by atoms with E-state index in [0.717, 1.165) is 10.9 Å². The average Bonchev–Trinajstić information content (AvgIpc) is 2.47. The molecule has 2 aromatic rings. The van der Waals surface area contributed by atoms with Gasteiger partial charge in [-0.15, -0.1) is 0 Å². The maximum atomic E-state index is 10.7. The van der Waals surface area contributed by atoms with Gasteiger partial charge in [-0.3, -0.25) is 0 Å². The number of fused-ring (bicyclic) bond motifs is 1. The molecule has 3 nitrogen and oxygen atoms in total. The molecule has 4 heteroatoms. The van der Waals surface area contributed by atoms with E-state index >= 15 is 0 Å². The van der Waals surface area contributed by atoms with Gasteiger partial charge in [0.1, 0.15) is 0 Å². The number of carboxylic acid groups (broad SMARTS) is 1. The Kier molecular flexibility index (Phi) is 3.14. The van der Waals surface area contributed by atoms with Gasteiger partial charge in [0.2, 0.25) is 0 Å². The predicted octanol–water partition coefficient (Wildman–Crippen LogP) is 1.22. The quantitative estimate of drug-likeness (QED) is 0.656. The van der Waals surface area contributed by atoms with Crippen LogP contribution in [0.25, 0.3) is 10.9 Å². The van der Waals surface area contributed by atoms with Gasteiger partial charge in [0, 0.05) is 17.1 Å². The van der Waals surface area contributed by atoms with Crippen molar-refractivity contribution in [1.29, 1.82) is 0 Å². The molecule has 2 rings (SSSR count). The van der Waals surface area contributed by atoms with Crippen LogP contribution in [0.5, 0.6) is 0 Å². The van der Waals surface area contributed by atoms with Crippen LogP contribution < -0.4 is 0 Å². The molecule has 0 aliphatic heterocycles. The monoisotopic (exact) mass is 185 g/mol. The number of aromatic amines is 1. The summed E-state index contributed by atoms with van der Waals surface area (Å²) >= 11 is 0. The average molecular weight is 185 g/mol. The van der Waals surface area contributed by atoms with Gasteiger partial charge in [-0.05, 0) is 6.07 Å². The van der Waals surface area contributed by atoms with Crippen LogP contribution in [0.2, 0.25) is 0 Å². The van der Waals surface area contributed by atoms with Crippen molar-refractivity contribution < 1.29 is 9.90 Å². The standard InChI is InChI=1S/C9H7NO2.Na.H/c11-9(12)7-5-10-8-4-2-1-3-6(7)8;;/h1-5,10H,(H,11,12);;. The molecule has 1 heterocycles. The molecular formula is C9H8NNaO2. The second-order valence-electron chi connectivity index (χ2n) is 2.55. The van der Waals surface area contributed by atoms with Gasteiger partial charge in [0.15, 0.2) is 0 Å². The van der Waals surface area contributed by atoms with Crippen LogP contribution in [0, 0.1) is 0 Å². The van der Waals surface area contributed by atoms with E-state index in [4.69, 9.17) is 5.11 Å². The molecule has 1 aromatic heterocycles. The minimum absolute atomic E-state index is 0. The zero-order valence-electron chi connectivity index (χ0n) is 6.24. The second kappa shape index (κ2) is 3.96. The molecule has 0 bridgehead atoms. The van der Waals surface area contributed by atoms with Gasteiger partial charge < -0.3 is 10.1 Å². The zero-order valence-corrected chi connectivity index (χ0v) is 6.24. The molecule has 2 N–H and O–H groups in total. The van der Waals surface area contributed by atoms with Crippen molar-refractivity contribution in [2.45, 2.75) is 0 Å². The number of benzene rings is 1. The topological polar surface area (TPSA) is 53.1 Å². The van der Waals surface area contributed by atoms with E-state index in [1.54, 1.807) is 6.07 Å². The van der Waals surface area contributed by atoms with E-state index in [2.05, 4.69) is 4.98 Å². The maximum absolute atomic E-state index is 10.7. The Hall–Kier alpha value is -0.770. The first-order valence-corrected chi connectivity index (χ1v) is 3.58. The van der Waals surface area contributed by atoms with Crippen LogP contribution in [0.3, 0.4) is 0 Å². The molecule has 0 radical (unpaired) electrons. The SMILES string of the molecule is O=C(O)c1c[nH]c2ccccc12.[NaH]. The first-order chi connectivity index (χ1) is 5.79. The second-order valence-corrected chi connectivity index (χ2v) is 2.55. The molecule has 0 atom stereocenters. The number of carboxylic acids is 1. The number of rotatable bonds is 1. The van der Waals surface area contributed by atoms with Crippen LogP contribution in [0.15, 0.2) is 30.5 Å². The summed E-state index contributed by atoms with van der Waals surface area (Å²) in [7, 11) is 0. The van der Waals surface area contributed by atoms with E-state index in [-0.39, 0.29) is 29.6 Å². The molecule has 0 spiro atoms. The summed E-state index contributed by atoms with van der Waals surface area (Å²) in [6.07, 6.45) is 1.51. The Bertz CT molecular complexity index is 436. The van der Waals surface area contributed by atoms with Crippen LogP contribution in [-0.2, 0) is 0 Å². The molecule has 0 unspecified atom stereocenters. The molecule has 0 aliphatic rings. The van der Waals surface area contributed by atoms with Gasteiger partial charge in [0.25, 0.3) is 0 Å². The number of nitrogens with one attached hydrogen (secondary N) is 1. The fourth-order valence-electron chi connectivity index (χ4n) is 1.25. The Morgan fingerprint density at radius 1 is 1.31 bits per heavy atom. The van der Waals surface area contributed by atoms with Gasteiger partial charge in [-0.2, -0.15) is 0 Å². The van der Waals surface area contributed by atoms with Crippen LogP contribution in [0.1, 0.15) is 10.4 Å². The summed E-state index contributed by atoms with van der Waals surface area (Å²) in [5.41, 5.74) is 1.18.